The highest BCUT2D eigenvalue weighted by Crippen LogP contribution is 2.14. The van der Waals surface area contributed by atoms with Crippen LogP contribution < -0.4 is 17.0 Å². The molecule has 0 amide bonds. The van der Waals surface area contributed by atoms with Gasteiger partial charge in [0.25, 0.3) is 5.56 Å². The number of nitrogens with two attached hydrogens (primary N) is 2. The van der Waals surface area contributed by atoms with E-state index in [-0.39, 0.29) is 31.0 Å². The van der Waals surface area contributed by atoms with Gasteiger partial charge in [-0.05, 0) is 19.3 Å². The summed E-state index contributed by atoms with van der Waals surface area (Å²) in [5, 5.41) is 0. The Morgan fingerprint density at radius 3 is 2.96 bits per heavy atom. The fraction of sp³-hybridized carbons (Fsp3) is 0.643. The first-order valence-corrected chi connectivity index (χ1v) is 7.95. The van der Waals surface area contributed by atoms with Gasteiger partial charge in [-0.3, -0.25) is 14.3 Å². The molecule has 3 rings (SSSR count). The number of fused-ring (bicyclic) bond motifs is 1. The molecule has 0 radical (unpaired) electrons. The highest BCUT2D eigenvalue weighted by molar-refractivity contribution is 5.71. The molecule has 1 atom stereocenters. The van der Waals surface area contributed by atoms with Crippen molar-refractivity contribution in [2.45, 2.75) is 38.8 Å². The summed E-state index contributed by atoms with van der Waals surface area (Å²) in [6.45, 7) is 1.86. The smallest absolute Gasteiger partial charge is 0.280 e. The molecule has 3 heterocycles. The minimum absolute atomic E-state index is 0.0232. The largest absolute Gasteiger partial charge is 0.369 e. The molecule has 0 aromatic carbocycles. The summed E-state index contributed by atoms with van der Waals surface area (Å²) >= 11 is 0. The molecular weight excluding hydrogens is 316 g/mol. The molecule has 5 N–H and O–H groups in total. The molecule has 1 fully saturated rings. The molecule has 24 heavy (non-hydrogen) atoms. The summed E-state index contributed by atoms with van der Waals surface area (Å²) in [6.07, 6.45) is 2.97. The van der Waals surface area contributed by atoms with Crippen molar-refractivity contribution in [1.82, 2.24) is 19.5 Å². The van der Waals surface area contributed by atoms with Crippen LogP contribution in [0.2, 0.25) is 0 Å². The third-order valence-electron chi connectivity index (χ3n) is 3.78. The van der Waals surface area contributed by atoms with Gasteiger partial charge in [0.05, 0.1) is 19.8 Å². The first-order chi connectivity index (χ1) is 11.7. The Bertz CT molecular complexity index is 737. The van der Waals surface area contributed by atoms with E-state index in [4.69, 9.17) is 25.7 Å². The number of nitrogens with zero attached hydrogens (tertiary/aromatic N) is 3. The molecule has 1 aliphatic heterocycles. The van der Waals surface area contributed by atoms with Crippen LogP contribution in [0.1, 0.15) is 25.1 Å². The van der Waals surface area contributed by atoms with Crippen molar-refractivity contribution in [1.29, 1.82) is 0 Å². The molecule has 1 saturated heterocycles. The molecule has 132 valence electrons. The summed E-state index contributed by atoms with van der Waals surface area (Å²) < 4.78 is 18.3. The standard InChI is InChI=1S/C14H22N6O4/c15-7-9-17-11-12(18-14(16)19-13(11)21)20(9)8-22-5-6-24-10-3-1-2-4-23-10/h10H,1-8,15H2,(H3,16,18,19,21). The van der Waals surface area contributed by atoms with Gasteiger partial charge in [0, 0.05) is 6.61 Å². The van der Waals surface area contributed by atoms with Crippen LogP contribution >= 0.6 is 0 Å². The Hall–Kier alpha value is -2.01. The van der Waals surface area contributed by atoms with Gasteiger partial charge in [-0.2, -0.15) is 4.98 Å². The lowest BCUT2D eigenvalue weighted by Gasteiger charge is -2.22. The van der Waals surface area contributed by atoms with Gasteiger partial charge in [-0.1, -0.05) is 0 Å². The van der Waals surface area contributed by atoms with Crippen molar-refractivity contribution in [3.63, 3.8) is 0 Å². The Balaban J connectivity index is 1.59. The maximum Gasteiger partial charge on any atom is 0.280 e. The van der Waals surface area contributed by atoms with E-state index in [1.54, 1.807) is 4.57 Å². The van der Waals surface area contributed by atoms with Crippen molar-refractivity contribution in [3.8, 4) is 0 Å². The quantitative estimate of drug-likeness (QED) is 0.583. The molecule has 2 aromatic heterocycles. The molecule has 0 spiro atoms. The van der Waals surface area contributed by atoms with Crippen molar-refractivity contribution in [2.24, 2.45) is 5.73 Å². The minimum Gasteiger partial charge on any atom is -0.369 e. The Kier molecular flexibility index (Phi) is 5.41. The number of H-pyrrole nitrogens is 1. The topological polar surface area (TPSA) is 143 Å². The van der Waals surface area contributed by atoms with E-state index in [0.29, 0.717) is 24.7 Å². The predicted octanol–water partition coefficient (Wildman–Crippen LogP) is -0.322. The zero-order chi connectivity index (χ0) is 16.9. The number of nitrogens with one attached hydrogen (secondary N) is 1. The molecule has 0 bridgehead atoms. The highest BCUT2D eigenvalue weighted by Gasteiger charge is 2.15. The van der Waals surface area contributed by atoms with Crippen molar-refractivity contribution in [2.75, 3.05) is 25.6 Å². The second kappa shape index (κ2) is 7.71. The van der Waals surface area contributed by atoms with Crippen LogP contribution in [-0.4, -0.2) is 45.6 Å². The third-order valence-corrected chi connectivity index (χ3v) is 3.78. The van der Waals surface area contributed by atoms with Gasteiger partial charge in [-0.15, -0.1) is 0 Å². The first-order valence-electron chi connectivity index (χ1n) is 7.95. The number of hydrogen-bond donors (Lipinski definition) is 3. The van der Waals surface area contributed by atoms with E-state index in [0.717, 1.165) is 25.9 Å². The van der Waals surface area contributed by atoms with Crippen LogP contribution in [0.25, 0.3) is 11.2 Å². The van der Waals surface area contributed by atoms with Gasteiger partial charge in [-0.25, -0.2) is 4.98 Å². The normalized spacial score (nSPS) is 18.3. The number of rotatable bonds is 7. The zero-order valence-corrected chi connectivity index (χ0v) is 13.4. The molecule has 10 nitrogen and oxygen atoms in total. The van der Waals surface area contributed by atoms with Gasteiger partial charge < -0.3 is 25.7 Å². The van der Waals surface area contributed by atoms with Gasteiger partial charge >= 0.3 is 0 Å². The average molecular weight is 338 g/mol. The molecule has 0 aliphatic carbocycles. The fourth-order valence-corrected chi connectivity index (χ4v) is 2.60. The van der Waals surface area contributed by atoms with E-state index in [2.05, 4.69) is 15.0 Å². The monoisotopic (exact) mass is 338 g/mol. The van der Waals surface area contributed by atoms with E-state index in [1.807, 2.05) is 0 Å². The molecule has 0 saturated carbocycles. The third kappa shape index (κ3) is 3.73. The van der Waals surface area contributed by atoms with E-state index < -0.39 is 5.56 Å². The van der Waals surface area contributed by atoms with Crippen LogP contribution in [0, 0.1) is 0 Å². The average Bonchev–Trinajstić information content (AvgIpc) is 2.94. The summed E-state index contributed by atoms with van der Waals surface area (Å²) in [5.41, 5.74) is 11.4. The number of anilines is 1. The lowest BCUT2D eigenvalue weighted by molar-refractivity contribution is -0.170. The number of hydrogen-bond acceptors (Lipinski definition) is 8. The van der Waals surface area contributed by atoms with Crippen molar-refractivity contribution >= 4 is 17.1 Å². The highest BCUT2D eigenvalue weighted by atomic mass is 16.7. The number of aromatic nitrogens is 4. The van der Waals surface area contributed by atoms with E-state index in [1.165, 1.54) is 0 Å². The number of nitrogen functional groups attached to an aromatic ring is 1. The van der Waals surface area contributed by atoms with Crippen LogP contribution in [0.5, 0.6) is 0 Å². The molecule has 10 heteroatoms. The molecular formula is C14H22N6O4. The van der Waals surface area contributed by atoms with Crippen LogP contribution in [-0.2, 0) is 27.5 Å². The van der Waals surface area contributed by atoms with Crippen LogP contribution in [0.4, 0.5) is 5.95 Å². The number of aromatic amines is 1. The maximum absolute atomic E-state index is 11.9. The second-order valence-electron chi connectivity index (χ2n) is 5.49. The summed E-state index contributed by atoms with van der Waals surface area (Å²) in [5.74, 6) is 0.528. The molecule has 1 unspecified atom stereocenters. The number of ether oxygens (including phenoxy) is 3. The Labute approximate surface area is 138 Å². The van der Waals surface area contributed by atoms with Gasteiger partial charge in [0.1, 0.15) is 12.6 Å². The SMILES string of the molecule is NCc1nc2c(=O)[nH]c(N)nc2n1COCCOC1CCCCO1. The first kappa shape index (κ1) is 16.8. The van der Waals surface area contributed by atoms with E-state index >= 15 is 0 Å². The minimum atomic E-state index is -0.399. The fourth-order valence-electron chi connectivity index (χ4n) is 2.60. The van der Waals surface area contributed by atoms with Crippen LogP contribution in [0.15, 0.2) is 4.79 Å². The lowest BCUT2D eigenvalue weighted by atomic mass is 10.2. The van der Waals surface area contributed by atoms with Crippen molar-refractivity contribution < 1.29 is 14.2 Å². The lowest BCUT2D eigenvalue weighted by Crippen LogP contribution is -2.24. The second-order valence-corrected chi connectivity index (χ2v) is 5.49. The Morgan fingerprint density at radius 1 is 1.33 bits per heavy atom. The summed E-state index contributed by atoms with van der Waals surface area (Å²) in [7, 11) is 0. The summed E-state index contributed by atoms with van der Waals surface area (Å²) in [6, 6.07) is 0. The van der Waals surface area contributed by atoms with Crippen LogP contribution in [0.3, 0.4) is 0 Å². The Morgan fingerprint density at radius 2 is 2.21 bits per heavy atom. The van der Waals surface area contributed by atoms with Gasteiger partial charge in [0.2, 0.25) is 5.95 Å². The molecule has 1 aliphatic rings. The summed E-state index contributed by atoms with van der Waals surface area (Å²) in [4.78, 5) is 22.6. The number of imidazole rings is 1. The van der Waals surface area contributed by atoms with E-state index in [9.17, 15) is 4.79 Å². The maximum atomic E-state index is 11.9. The van der Waals surface area contributed by atoms with Gasteiger partial charge in [0.15, 0.2) is 17.5 Å². The van der Waals surface area contributed by atoms with Crippen molar-refractivity contribution in [3.05, 3.63) is 16.2 Å². The molecule has 2 aromatic rings. The zero-order valence-electron chi connectivity index (χ0n) is 13.4. The predicted molar refractivity (Wildman–Crippen MR) is 85.9 cm³/mol.